The van der Waals surface area contributed by atoms with Gasteiger partial charge in [0.2, 0.25) is 0 Å². The van der Waals surface area contributed by atoms with Crippen molar-refractivity contribution < 1.29 is 4.79 Å². The first-order valence-electron chi connectivity index (χ1n) is 11.3. The molecule has 1 heterocycles. The zero-order chi connectivity index (χ0) is 22.4. The van der Waals surface area contributed by atoms with Gasteiger partial charge in [-0.3, -0.25) is 9.48 Å². The normalized spacial score (nSPS) is 12.9. The van der Waals surface area contributed by atoms with Gasteiger partial charge < -0.3 is 4.90 Å². The van der Waals surface area contributed by atoms with Crippen molar-refractivity contribution >= 4 is 17.3 Å². The molecule has 1 aromatic heterocycles. The van der Waals surface area contributed by atoms with Crippen LogP contribution in [0, 0.1) is 11.8 Å². The fraction of sp³-hybridized carbons (Fsp3) is 0.792. The standard InChI is InChI=1S/C24H44N4O/c1-11-13-20(14-12-2)16-28(15-17(3)4)19(6)25-21-22(18(5)29)27(10)26-23(21)24(7,8)9/h17,20H,11-16H2,1-10H3. The fourth-order valence-electron chi connectivity index (χ4n) is 3.99. The van der Waals surface area contributed by atoms with E-state index in [1.807, 2.05) is 7.05 Å². The van der Waals surface area contributed by atoms with Gasteiger partial charge in [0.1, 0.15) is 17.2 Å². The number of aryl methyl sites for hydroxylation is 1. The highest BCUT2D eigenvalue weighted by Gasteiger charge is 2.28. The molecule has 0 aliphatic carbocycles. The van der Waals surface area contributed by atoms with Crippen LogP contribution in [0.2, 0.25) is 0 Å². The van der Waals surface area contributed by atoms with Crippen LogP contribution >= 0.6 is 0 Å². The Morgan fingerprint density at radius 1 is 1.10 bits per heavy atom. The average molecular weight is 405 g/mol. The summed E-state index contributed by atoms with van der Waals surface area (Å²) in [6.45, 7) is 21.1. The Kier molecular flexibility index (Phi) is 9.57. The predicted octanol–water partition coefficient (Wildman–Crippen LogP) is 6.14. The van der Waals surface area contributed by atoms with Gasteiger partial charge in [-0.25, -0.2) is 4.99 Å². The lowest BCUT2D eigenvalue weighted by Gasteiger charge is -2.30. The molecule has 0 aliphatic heterocycles. The largest absolute Gasteiger partial charge is 0.360 e. The number of aromatic nitrogens is 2. The van der Waals surface area contributed by atoms with Gasteiger partial charge in [-0.05, 0) is 31.6 Å². The van der Waals surface area contributed by atoms with Crippen LogP contribution in [0.5, 0.6) is 0 Å². The van der Waals surface area contributed by atoms with Crippen LogP contribution < -0.4 is 0 Å². The van der Waals surface area contributed by atoms with Crippen molar-refractivity contribution in [3.05, 3.63) is 11.4 Å². The number of Topliss-reactive ketones (excluding diaryl/α,β-unsaturated/α-hetero) is 1. The summed E-state index contributed by atoms with van der Waals surface area (Å²) in [5.74, 6) is 2.22. The molecule has 0 fully saturated rings. The minimum atomic E-state index is -0.180. The summed E-state index contributed by atoms with van der Waals surface area (Å²) < 4.78 is 1.69. The van der Waals surface area contributed by atoms with Gasteiger partial charge in [0.05, 0.1) is 5.69 Å². The molecule has 29 heavy (non-hydrogen) atoms. The van der Waals surface area contributed by atoms with E-state index in [2.05, 4.69) is 65.4 Å². The zero-order valence-electron chi connectivity index (χ0n) is 20.6. The SMILES string of the molecule is CCCC(CCC)CN(CC(C)C)C(C)=Nc1c(C(C)(C)C)nn(C)c1C(C)=O. The Morgan fingerprint density at radius 3 is 2.07 bits per heavy atom. The molecule has 0 radical (unpaired) electrons. The van der Waals surface area contributed by atoms with E-state index in [1.54, 1.807) is 11.6 Å². The number of hydrogen-bond donors (Lipinski definition) is 0. The minimum Gasteiger partial charge on any atom is -0.360 e. The van der Waals surface area contributed by atoms with Gasteiger partial charge in [-0.1, -0.05) is 61.3 Å². The van der Waals surface area contributed by atoms with E-state index < -0.39 is 0 Å². The highest BCUT2D eigenvalue weighted by molar-refractivity contribution is 5.99. The molecule has 0 saturated carbocycles. The van der Waals surface area contributed by atoms with Crippen molar-refractivity contribution in [2.24, 2.45) is 23.9 Å². The summed E-state index contributed by atoms with van der Waals surface area (Å²) in [5, 5.41) is 4.67. The second kappa shape index (κ2) is 10.9. The lowest BCUT2D eigenvalue weighted by Crippen LogP contribution is -2.36. The average Bonchev–Trinajstić information content (AvgIpc) is 2.90. The molecule has 5 nitrogen and oxygen atoms in total. The predicted molar refractivity (Wildman–Crippen MR) is 124 cm³/mol. The van der Waals surface area contributed by atoms with Crippen LogP contribution in [0.1, 0.15) is 104 Å². The van der Waals surface area contributed by atoms with Crippen molar-refractivity contribution in [1.82, 2.24) is 14.7 Å². The van der Waals surface area contributed by atoms with Crippen LogP contribution in [0.15, 0.2) is 4.99 Å². The number of nitrogens with zero attached hydrogens (tertiary/aromatic N) is 4. The Morgan fingerprint density at radius 2 is 1.66 bits per heavy atom. The molecule has 0 atom stereocenters. The van der Waals surface area contributed by atoms with Crippen LogP contribution in [-0.4, -0.2) is 39.4 Å². The summed E-state index contributed by atoms with van der Waals surface area (Å²) in [4.78, 5) is 19.8. The number of rotatable bonds is 10. The van der Waals surface area contributed by atoms with Gasteiger partial charge in [0.15, 0.2) is 5.78 Å². The maximum absolute atomic E-state index is 12.4. The van der Waals surface area contributed by atoms with E-state index in [1.165, 1.54) is 25.7 Å². The molecule has 0 N–H and O–H groups in total. The molecule has 1 rings (SSSR count). The molecule has 0 unspecified atom stereocenters. The van der Waals surface area contributed by atoms with Crippen LogP contribution in [-0.2, 0) is 12.5 Å². The third-order valence-electron chi connectivity index (χ3n) is 5.26. The Labute approximate surface area is 179 Å². The lowest BCUT2D eigenvalue weighted by molar-refractivity contribution is 0.100. The van der Waals surface area contributed by atoms with E-state index in [9.17, 15) is 4.79 Å². The lowest BCUT2D eigenvalue weighted by atomic mass is 9.90. The molecule has 0 saturated heterocycles. The second-order valence-electron chi connectivity index (χ2n) is 9.88. The highest BCUT2D eigenvalue weighted by atomic mass is 16.1. The van der Waals surface area contributed by atoms with E-state index in [4.69, 9.17) is 4.99 Å². The molecule has 0 bridgehead atoms. The molecular weight excluding hydrogens is 360 g/mol. The van der Waals surface area contributed by atoms with Crippen LogP contribution in [0.4, 0.5) is 5.69 Å². The first kappa shape index (κ1) is 25.4. The number of ketones is 1. The number of hydrogen-bond acceptors (Lipinski definition) is 3. The van der Waals surface area contributed by atoms with E-state index in [0.717, 1.165) is 30.3 Å². The quantitative estimate of drug-likeness (QED) is 0.267. The van der Waals surface area contributed by atoms with E-state index in [0.29, 0.717) is 17.5 Å². The first-order chi connectivity index (χ1) is 13.4. The van der Waals surface area contributed by atoms with E-state index in [-0.39, 0.29) is 11.2 Å². The van der Waals surface area contributed by atoms with Crippen molar-refractivity contribution in [3.8, 4) is 0 Å². The molecule has 166 valence electrons. The molecular formula is C24H44N4O. The summed E-state index contributed by atoms with van der Waals surface area (Å²) in [5.41, 5.74) is 2.03. The third kappa shape index (κ3) is 7.27. The first-order valence-corrected chi connectivity index (χ1v) is 11.3. The number of carbonyl (C=O) groups is 1. The summed E-state index contributed by atoms with van der Waals surface area (Å²) >= 11 is 0. The van der Waals surface area contributed by atoms with Crippen molar-refractivity contribution in [2.45, 2.75) is 93.4 Å². The smallest absolute Gasteiger partial charge is 0.180 e. The van der Waals surface area contributed by atoms with Gasteiger partial charge >= 0.3 is 0 Å². The Hall–Kier alpha value is -1.65. The summed E-state index contributed by atoms with van der Waals surface area (Å²) in [7, 11) is 1.84. The maximum atomic E-state index is 12.4. The Bertz CT molecular complexity index is 688. The molecule has 1 aromatic rings. The number of carbonyl (C=O) groups excluding carboxylic acids is 1. The van der Waals surface area contributed by atoms with Gasteiger partial charge in [-0.15, -0.1) is 0 Å². The maximum Gasteiger partial charge on any atom is 0.180 e. The van der Waals surface area contributed by atoms with Gasteiger partial charge in [-0.2, -0.15) is 5.10 Å². The molecule has 5 heteroatoms. The van der Waals surface area contributed by atoms with Crippen molar-refractivity contribution in [3.63, 3.8) is 0 Å². The second-order valence-corrected chi connectivity index (χ2v) is 9.88. The molecule has 0 aliphatic rings. The molecule has 0 spiro atoms. The topological polar surface area (TPSA) is 50.5 Å². The van der Waals surface area contributed by atoms with Crippen LogP contribution in [0.3, 0.4) is 0 Å². The monoisotopic (exact) mass is 404 g/mol. The Balaban J connectivity index is 3.41. The van der Waals surface area contributed by atoms with Crippen LogP contribution in [0.25, 0.3) is 0 Å². The highest BCUT2D eigenvalue weighted by Crippen LogP contribution is 2.34. The molecule has 0 amide bonds. The summed E-state index contributed by atoms with van der Waals surface area (Å²) in [6.07, 6.45) is 4.91. The van der Waals surface area contributed by atoms with Crippen molar-refractivity contribution in [2.75, 3.05) is 13.1 Å². The third-order valence-corrected chi connectivity index (χ3v) is 5.26. The molecule has 0 aromatic carbocycles. The van der Waals surface area contributed by atoms with Gasteiger partial charge in [0, 0.05) is 32.5 Å². The fourth-order valence-corrected chi connectivity index (χ4v) is 3.99. The van der Waals surface area contributed by atoms with Gasteiger partial charge in [0.25, 0.3) is 0 Å². The zero-order valence-corrected chi connectivity index (χ0v) is 20.6. The summed E-state index contributed by atoms with van der Waals surface area (Å²) in [6, 6.07) is 0. The van der Waals surface area contributed by atoms with Crippen molar-refractivity contribution in [1.29, 1.82) is 0 Å². The van der Waals surface area contributed by atoms with E-state index >= 15 is 0 Å². The number of aliphatic imine (C=N–C) groups is 1. The number of amidine groups is 1. The minimum absolute atomic E-state index is 0.00676.